The minimum absolute atomic E-state index is 0.0357. The highest BCUT2D eigenvalue weighted by atomic mass is 35.5. The van der Waals surface area contributed by atoms with Crippen LogP contribution >= 0.6 is 46.6 Å². The number of hydrogen-bond donors (Lipinski definition) is 3. The third-order valence-corrected chi connectivity index (χ3v) is 21.5. The van der Waals surface area contributed by atoms with E-state index in [4.69, 9.17) is 63.2 Å². The minimum Gasteiger partial charge on any atom is -0.491 e. The van der Waals surface area contributed by atoms with Crippen LogP contribution in [-0.4, -0.2) is 135 Å². The van der Waals surface area contributed by atoms with Crippen molar-refractivity contribution in [1.29, 1.82) is 0 Å². The van der Waals surface area contributed by atoms with Gasteiger partial charge in [-0.05, 0) is 182 Å². The van der Waals surface area contributed by atoms with Crippen LogP contribution in [0.4, 0.5) is 0 Å². The SMILES string of the molecule is COC(COc1ccc(C2CCCCc3c2[nH]c2ccc(Cl)cc32)cc1)CN1CCSCC1.COC(COc1ccc(C2CCCCc3c2[nH]c2ccc(Cl)cc32)cc1)Cn1ccnc1.COC(COc1ccc(C2CCCCc3c2[nH]c2ccc(Cl)cc32)cc1)Cn1ccnn1. The van der Waals surface area contributed by atoms with Gasteiger partial charge in [-0.25, -0.2) is 9.67 Å². The number of fused-ring (bicyclic) bond motifs is 9. The van der Waals surface area contributed by atoms with Gasteiger partial charge in [0.15, 0.2) is 0 Å². The highest BCUT2D eigenvalue weighted by Crippen LogP contribution is 2.43. The predicted molar refractivity (Wildman–Crippen MR) is 392 cm³/mol. The summed E-state index contributed by atoms with van der Waals surface area (Å²) < 4.78 is 38.7. The summed E-state index contributed by atoms with van der Waals surface area (Å²) in [5, 5.41) is 14.0. The number of methoxy groups -OCH3 is 3. The first-order valence-corrected chi connectivity index (χ1v) is 36.7. The zero-order chi connectivity index (χ0) is 66.5. The quantitative estimate of drug-likeness (QED) is 0.0589. The van der Waals surface area contributed by atoms with Gasteiger partial charge in [0.25, 0.3) is 0 Å². The number of H-pyrrole nitrogens is 3. The molecule has 6 aromatic carbocycles. The smallest absolute Gasteiger partial charge is 0.119 e. The highest BCUT2D eigenvalue weighted by Gasteiger charge is 2.28. The molecule has 1 saturated heterocycles. The van der Waals surface area contributed by atoms with E-state index in [0.717, 1.165) is 90.5 Å². The number of aryl methyl sites for hydroxylation is 3. The molecule has 4 aliphatic rings. The Bertz CT molecular complexity index is 4080. The lowest BCUT2D eigenvalue weighted by atomic mass is 9.91. The number of halogens is 3. The fraction of sp³-hybridized carbons (Fsp3) is 0.397. The van der Waals surface area contributed by atoms with Crippen LogP contribution in [0.25, 0.3) is 32.7 Å². The molecule has 5 aromatic heterocycles. The maximum Gasteiger partial charge on any atom is 0.119 e. The number of hydrogen-bond acceptors (Lipinski definition) is 11. The Kier molecular flexibility index (Phi) is 23.3. The first-order valence-electron chi connectivity index (χ1n) is 34.4. The first-order chi connectivity index (χ1) is 47.6. The second-order valence-electron chi connectivity index (χ2n) is 26.0. The van der Waals surface area contributed by atoms with E-state index in [1.807, 2.05) is 46.9 Å². The van der Waals surface area contributed by atoms with Gasteiger partial charge in [0.05, 0.1) is 25.6 Å². The van der Waals surface area contributed by atoms with Gasteiger partial charge in [-0.15, -0.1) is 5.10 Å². The molecule has 19 heteroatoms. The number of thioether (sulfide) groups is 1. The Balaban J connectivity index is 0.000000131. The molecule has 0 amide bonds. The fourth-order valence-electron chi connectivity index (χ4n) is 14.6. The van der Waals surface area contributed by atoms with Crippen molar-refractivity contribution in [3.05, 3.63) is 224 Å². The average molecular weight is 1390 g/mol. The molecule has 97 heavy (non-hydrogen) atoms. The second kappa shape index (κ2) is 33.1. The van der Waals surface area contributed by atoms with Gasteiger partial charge in [0, 0.05) is 154 Å². The van der Waals surface area contributed by atoms with Crippen molar-refractivity contribution in [2.75, 3.05) is 72.3 Å². The zero-order valence-corrected chi connectivity index (χ0v) is 58.8. The number of benzene rings is 6. The van der Waals surface area contributed by atoms with E-state index >= 15 is 0 Å². The van der Waals surface area contributed by atoms with Crippen molar-refractivity contribution in [1.82, 2.24) is 44.4 Å². The normalized spacial score (nSPS) is 18.2. The molecule has 6 atom stereocenters. The van der Waals surface area contributed by atoms with Crippen molar-refractivity contribution >= 4 is 79.3 Å². The topological polar surface area (TPSA) is 155 Å². The van der Waals surface area contributed by atoms with Crippen molar-refractivity contribution in [3.63, 3.8) is 0 Å². The molecule has 0 spiro atoms. The van der Waals surface area contributed by atoms with Crippen LogP contribution in [0, 0.1) is 0 Å². The molecular formula is C78H88Cl3N9O6S. The van der Waals surface area contributed by atoms with Crippen LogP contribution in [0.2, 0.25) is 15.1 Å². The van der Waals surface area contributed by atoms with E-state index in [0.29, 0.717) is 50.7 Å². The summed E-state index contributed by atoms with van der Waals surface area (Å²) in [5.74, 6) is 6.13. The lowest BCUT2D eigenvalue weighted by Crippen LogP contribution is -2.41. The predicted octanol–water partition coefficient (Wildman–Crippen LogP) is 17.5. The Morgan fingerprint density at radius 1 is 0.474 bits per heavy atom. The van der Waals surface area contributed by atoms with Crippen molar-refractivity contribution < 1.29 is 28.4 Å². The Labute approximate surface area is 588 Å². The molecule has 0 radical (unpaired) electrons. The summed E-state index contributed by atoms with van der Waals surface area (Å²) >= 11 is 20.9. The van der Waals surface area contributed by atoms with Crippen LogP contribution in [0.5, 0.6) is 17.2 Å². The van der Waals surface area contributed by atoms with Gasteiger partial charge in [-0.3, -0.25) is 4.90 Å². The molecule has 1 aliphatic heterocycles. The monoisotopic (exact) mass is 1380 g/mol. The molecule has 11 aromatic rings. The summed E-state index contributed by atoms with van der Waals surface area (Å²) in [7, 11) is 5.18. The molecule has 15 nitrogen and oxygen atoms in total. The number of imidazole rings is 1. The molecular weight excluding hydrogens is 1300 g/mol. The number of nitrogens with one attached hydrogen (secondary N) is 3. The minimum atomic E-state index is -0.0982. The molecule has 508 valence electrons. The third-order valence-electron chi connectivity index (χ3n) is 19.8. The highest BCUT2D eigenvalue weighted by molar-refractivity contribution is 7.99. The standard InChI is InChI=1S/C27H33ClN2O2S.C26H28ClN3O2.C25H27ClN4O2/c1-31-22(17-30-12-14-33-15-13-30)18-32-21-9-6-19(7-10-21)23-4-2-3-5-24-25-16-20(28)8-11-26(25)29-27(23)24;1-31-21(15-30-13-12-28-17-30)16-32-20-9-6-18(7-10-20)22-4-2-3-5-23-24-14-19(27)8-11-25(24)29-26(22)23;1-31-20(15-30-13-12-27-29-30)16-32-19-9-6-17(7-10-19)21-4-2-3-5-22-23-14-18(26)8-11-24(23)28-25(21)22/h6-11,16,22-23,29H,2-5,12-15,17-18H2,1H3;6-14,17,21-22,29H,2-5,15-16H2,1H3;6-14,20-21,28H,2-5,15-16H2,1H3. The largest absolute Gasteiger partial charge is 0.491 e. The fourth-order valence-corrected chi connectivity index (χ4v) is 16.1. The maximum atomic E-state index is 6.31. The number of aromatic amines is 3. The van der Waals surface area contributed by atoms with Gasteiger partial charge < -0.3 is 47.9 Å². The molecule has 6 heterocycles. The van der Waals surface area contributed by atoms with E-state index in [2.05, 4.69) is 144 Å². The molecule has 1 fully saturated rings. The van der Waals surface area contributed by atoms with Gasteiger partial charge in [0.2, 0.25) is 0 Å². The summed E-state index contributed by atoms with van der Waals surface area (Å²) in [6.45, 7) is 6.05. The van der Waals surface area contributed by atoms with E-state index in [9.17, 15) is 0 Å². The number of nitrogens with zero attached hydrogens (tertiary/aromatic N) is 6. The summed E-state index contributed by atoms with van der Waals surface area (Å²) in [6, 6.07) is 44.2. The van der Waals surface area contributed by atoms with Gasteiger partial charge in [-0.1, -0.05) is 95.7 Å². The van der Waals surface area contributed by atoms with E-state index in [1.165, 1.54) is 133 Å². The van der Waals surface area contributed by atoms with Gasteiger partial charge in [-0.2, -0.15) is 11.8 Å². The second-order valence-corrected chi connectivity index (χ2v) is 28.6. The van der Waals surface area contributed by atoms with Crippen molar-refractivity contribution in [2.45, 2.75) is 126 Å². The maximum absolute atomic E-state index is 6.31. The van der Waals surface area contributed by atoms with Crippen LogP contribution < -0.4 is 14.2 Å². The van der Waals surface area contributed by atoms with Crippen LogP contribution in [0.3, 0.4) is 0 Å². The average Bonchev–Trinajstić information content (AvgIpc) is 1.65. The Hall–Kier alpha value is -7.25. The molecule has 0 bridgehead atoms. The molecule has 6 unspecified atom stereocenters. The van der Waals surface area contributed by atoms with Crippen LogP contribution in [0.1, 0.15) is 126 Å². The molecule has 0 saturated carbocycles. The summed E-state index contributed by atoms with van der Waals surface area (Å²) in [4.78, 5) is 17.7. The number of rotatable bonds is 21. The molecule has 3 aliphatic carbocycles. The van der Waals surface area contributed by atoms with Crippen molar-refractivity contribution in [2.24, 2.45) is 0 Å². The lowest BCUT2D eigenvalue weighted by Gasteiger charge is -2.29. The number of aromatic nitrogens is 8. The summed E-state index contributed by atoms with van der Waals surface area (Å²) in [5.41, 5.74) is 15.8. The van der Waals surface area contributed by atoms with Gasteiger partial charge in [0.1, 0.15) is 55.4 Å². The Morgan fingerprint density at radius 3 is 1.25 bits per heavy atom. The van der Waals surface area contributed by atoms with Crippen LogP contribution in [-0.2, 0) is 46.6 Å². The third kappa shape index (κ3) is 17.1. The van der Waals surface area contributed by atoms with Crippen molar-refractivity contribution in [3.8, 4) is 17.2 Å². The lowest BCUT2D eigenvalue weighted by molar-refractivity contribution is 0.0316. The molecule has 3 N–H and O–H groups in total. The Morgan fingerprint density at radius 2 is 0.876 bits per heavy atom. The van der Waals surface area contributed by atoms with E-state index in [-0.39, 0.29) is 18.3 Å². The first kappa shape index (κ1) is 68.3. The summed E-state index contributed by atoms with van der Waals surface area (Å²) in [6.07, 6.45) is 23.0. The van der Waals surface area contributed by atoms with E-state index < -0.39 is 0 Å². The van der Waals surface area contributed by atoms with E-state index in [1.54, 1.807) is 44.7 Å². The van der Waals surface area contributed by atoms with Gasteiger partial charge >= 0.3 is 0 Å². The molecule has 15 rings (SSSR count). The number of ether oxygens (including phenoxy) is 6. The zero-order valence-electron chi connectivity index (χ0n) is 55.7. The van der Waals surface area contributed by atoms with Crippen LogP contribution in [0.15, 0.2) is 159 Å².